The maximum atomic E-state index is 9.28. The van der Waals surface area contributed by atoms with Gasteiger partial charge in [-0.15, -0.1) is 0 Å². The van der Waals surface area contributed by atoms with E-state index in [0.717, 1.165) is 6.42 Å². The zero-order valence-electron chi connectivity index (χ0n) is 14.9. The minimum Gasteiger partial charge on any atom is -0.396 e. The molecule has 1 aliphatic carbocycles. The second-order valence-electron chi connectivity index (χ2n) is 7.42. The van der Waals surface area contributed by atoms with Crippen molar-refractivity contribution in [3.05, 3.63) is 0 Å². The summed E-state index contributed by atoms with van der Waals surface area (Å²) in [7, 11) is 0. The number of hydrogen-bond donors (Lipinski definition) is 1. The first-order valence-corrected chi connectivity index (χ1v) is 10.8. The van der Waals surface area contributed by atoms with Gasteiger partial charge in [0.25, 0.3) is 0 Å². The standard InChI is InChI=1S/C20H39BrO/c1-2-3-4-5-6-7-8-9-10-12-16-20(21)17-13-11-14-19(20)15-18-22/h19,22H,2-18H2,1H3. The summed E-state index contributed by atoms with van der Waals surface area (Å²) in [5.41, 5.74) is 0. The second-order valence-corrected chi connectivity index (χ2v) is 9.00. The first kappa shape index (κ1) is 20.5. The van der Waals surface area contributed by atoms with Gasteiger partial charge in [0.1, 0.15) is 0 Å². The predicted molar refractivity (Wildman–Crippen MR) is 102 cm³/mol. The van der Waals surface area contributed by atoms with Gasteiger partial charge in [-0.2, -0.15) is 0 Å². The molecule has 0 amide bonds. The fraction of sp³-hybridized carbons (Fsp3) is 1.00. The number of unbranched alkanes of at least 4 members (excludes halogenated alkanes) is 9. The Kier molecular flexibility index (Phi) is 11.9. The fourth-order valence-electron chi connectivity index (χ4n) is 4.07. The molecule has 22 heavy (non-hydrogen) atoms. The minimum atomic E-state index is 0.341. The molecule has 0 aromatic heterocycles. The lowest BCUT2D eigenvalue weighted by Crippen LogP contribution is -2.35. The number of aliphatic hydroxyl groups excluding tert-OH is 1. The van der Waals surface area contributed by atoms with Crippen molar-refractivity contribution in [1.29, 1.82) is 0 Å². The summed E-state index contributed by atoms with van der Waals surface area (Å²) in [6.07, 6.45) is 21.8. The second kappa shape index (κ2) is 12.8. The summed E-state index contributed by atoms with van der Waals surface area (Å²) in [4.78, 5) is 0. The molecule has 0 aromatic rings. The van der Waals surface area contributed by atoms with Crippen molar-refractivity contribution in [2.75, 3.05) is 6.61 Å². The van der Waals surface area contributed by atoms with E-state index in [2.05, 4.69) is 22.9 Å². The van der Waals surface area contributed by atoms with Crippen molar-refractivity contribution >= 4 is 15.9 Å². The lowest BCUT2D eigenvalue weighted by atomic mass is 9.75. The lowest BCUT2D eigenvalue weighted by Gasteiger charge is -2.40. The summed E-state index contributed by atoms with van der Waals surface area (Å²) < 4.78 is 0.341. The van der Waals surface area contributed by atoms with Crippen LogP contribution in [0.2, 0.25) is 0 Å². The van der Waals surface area contributed by atoms with Crippen LogP contribution in [0.1, 0.15) is 110 Å². The Morgan fingerprint density at radius 3 is 2.09 bits per heavy atom. The topological polar surface area (TPSA) is 20.2 Å². The van der Waals surface area contributed by atoms with Crippen LogP contribution in [0, 0.1) is 5.92 Å². The van der Waals surface area contributed by atoms with Crippen LogP contribution in [0.5, 0.6) is 0 Å². The molecule has 1 nitrogen and oxygen atoms in total. The van der Waals surface area contributed by atoms with Crippen molar-refractivity contribution in [2.24, 2.45) is 5.92 Å². The quantitative estimate of drug-likeness (QED) is 0.271. The molecule has 0 heterocycles. The molecule has 0 saturated heterocycles. The maximum absolute atomic E-state index is 9.28. The van der Waals surface area contributed by atoms with E-state index >= 15 is 0 Å². The van der Waals surface area contributed by atoms with Gasteiger partial charge >= 0.3 is 0 Å². The number of aliphatic hydroxyl groups is 1. The fourth-order valence-corrected chi connectivity index (χ4v) is 5.09. The highest BCUT2D eigenvalue weighted by molar-refractivity contribution is 9.10. The summed E-state index contributed by atoms with van der Waals surface area (Å²) in [6.45, 7) is 2.64. The molecule has 0 bridgehead atoms. The van der Waals surface area contributed by atoms with E-state index in [1.807, 2.05) is 0 Å². The van der Waals surface area contributed by atoms with E-state index in [-0.39, 0.29) is 0 Å². The molecule has 1 rings (SSSR count). The Balaban J connectivity index is 2.02. The highest BCUT2D eigenvalue weighted by Gasteiger charge is 2.37. The van der Waals surface area contributed by atoms with E-state index in [1.54, 1.807) is 0 Å². The van der Waals surface area contributed by atoms with Crippen molar-refractivity contribution in [2.45, 2.75) is 114 Å². The predicted octanol–water partition coefficient (Wildman–Crippen LogP) is 7.00. The van der Waals surface area contributed by atoms with Gasteiger partial charge in [0.15, 0.2) is 0 Å². The van der Waals surface area contributed by atoms with Gasteiger partial charge in [-0.3, -0.25) is 0 Å². The zero-order valence-corrected chi connectivity index (χ0v) is 16.5. The molecule has 2 atom stereocenters. The molecule has 1 N–H and O–H groups in total. The summed E-state index contributed by atoms with van der Waals surface area (Å²) in [5.74, 6) is 0.699. The third-order valence-corrected chi connectivity index (χ3v) is 6.99. The molecule has 0 aliphatic heterocycles. The third-order valence-electron chi connectivity index (χ3n) is 5.55. The molecule has 1 fully saturated rings. The molecule has 0 spiro atoms. The molecule has 1 aliphatic rings. The van der Waals surface area contributed by atoms with E-state index in [0.29, 0.717) is 16.8 Å². The van der Waals surface area contributed by atoms with E-state index < -0.39 is 0 Å². The van der Waals surface area contributed by atoms with Gasteiger partial charge in [-0.25, -0.2) is 0 Å². The number of hydrogen-bond acceptors (Lipinski definition) is 1. The van der Waals surface area contributed by atoms with Crippen LogP contribution in [0.3, 0.4) is 0 Å². The van der Waals surface area contributed by atoms with Gasteiger partial charge < -0.3 is 5.11 Å². The van der Waals surface area contributed by atoms with Crippen molar-refractivity contribution in [3.63, 3.8) is 0 Å². The normalized spacial score (nSPS) is 25.5. The molecule has 1 saturated carbocycles. The number of alkyl halides is 1. The Hall–Kier alpha value is 0.440. The molecule has 2 unspecified atom stereocenters. The average molecular weight is 375 g/mol. The summed E-state index contributed by atoms with van der Waals surface area (Å²) in [6, 6.07) is 0. The van der Waals surface area contributed by atoms with Crippen LogP contribution in [0.15, 0.2) is 0 Å². The summed E-state index contributed by atoms with van der Waals surface area (Å²) in [5, 5.41) is 9.28. The summed E-state index contributed by atoms with van der Waals surface area (Å²) >= 11 is 4.07. The zero-order chi connectivity index (χ0) is 16.1. The highest BCUT2D eigenvalue weighted by atomic mass is 79.9. The third kappa shape index (κ3) is 8.34. The first-order valence-electron chi connectivity index (χ1n) is 10.0. The average Bonchev–Trinajstić information content (AvgIpc) is 2.52. The van der Waals surface area contributed by atoms with Crippen LogP contribution in [-0.4, -0.2) is 16.0 Å². The molecular formula is C20H39BrO. The monoisotopic (exact) mass is 374 g/mol. The minimum absolute atomic E-state index is 0.341. The Bertz CT molecular complexity index is 254. The van der Waals surface area contributed by atoms with Crippen molar-refractivity contribution in [1.82, 2.24) is 0 Å². The van der Waals surface area contributed by atoms with Crippen LogP contribution in [0.25, 0.3) is 0 Å². The number of rotatable bonds is 13. The van der Waals surface area contributed by atoms with Gasteiger partial charge in [-0.1, -0.05) is 99.9 Å². The molecule has 0 radical (unpaired) electrons. The molecule has 132 valence electrons. The van der Waals surface area contributed by atoms with Crippen LogP contribution in [-0.2, 0) is 0 Å². The largest absolute Gasteiger partial charge is 0.396 e. The van der Waals surface area contributed by atoms with E-state index in [1.165, 1.54) is 96.3 Å². The highest BCUT2D eigenvalue weighted by Crippen LogP contribution is 2.45. The van der Waals surface area contributed by atoms with Crippen LogP contribution >= 0.6 is 15.9 Å². The smallest absolute Gasteiger partial charge is 0.0434 e. The Morgan fingerprint density at radius 1 is 0.909 bits per heavy atom. The lowest BCUT2D eigenvalue weighted by molar-refractivity contribution is 0.191. The van der Waals surface area contributed by atoms with Gasteiger partial charge in [0, 0.05) is 10.9 Å². The maximum Gasteiger partial charge on any atom is 0.0434 e. The van der Waals surface area contributed by atoms with Gasteiger partial charge in [-0.05, 0) is 31.6 Å². The van der Waals surface area contributed by atoms with E-state index in [9.17, 15) is 5.11 Å². The van der Waals surface area contributed by atoms with Crippen LogP contribution < -0.4 is 0 Å². The van der Waals surface area contributed by atoms with Crippen LogP contribution in [0.4, 0.5) is 0 Å². The van der Waals surface area contributed by atoms with Crippen molar-refractivity contribution in [3.8, 4) is 0 Å². The van der Waals surface area contributed by atoms with Gasteiger partial charge in [0.05, 0.1) is 0 Å². The van der Waals surface area contributed by atoms with E-state index in [4.69, 9.17) is 0 Å². The molecule has 2 heteroatoms. The Morgan fingerprint density at radius 2 is 1.50 bits per heavy atom. The SMILES string of the molecule is CCCCCCCCCCCCC1(Br)CCCCC1CCO. The number of halogens is 1. The molecular weight excluding hydrogens is 336 g/mol. The Labute approximate surface area is 147 Å². The first-order chi connectivity index (χ1) is 10.7. The van der Waals surface area contributed by atoms with Gasteiger partial charge in [0.2, 0.25) is 0 Å². The van der Waals surface area contributed by atoms with Crippen molar-refractivity contribution < 1.29 is 5.11 Å². The molecule has 0 aromatic carbocycles.